The summed E-state index contributed by atoms with van der Waals surface area (Å²) >= 11 is -1.10. The molecule has 0 amide bonds. The van der Waals surface area contributed by atoms with Crippen LogP contribution in [0.5, 0.6) is 0 Å². The van der Waals surface area contributed by atoms with Crippen molar-refractivity contribution in [3.05, 3.63) is 41.9 Å². The first kappa shape index (κ1) is 16.0. The summed E-state index contributed by atoms with van der Waals surface area (Å²) in [7, 11) is 0. The van der Waals surface area contributed by atoms with E-state index in [1.54, 1.807) is 10.9 Å². The normalized spacial score (nSPS) is 15.0. The van der Waals surface area contributed by atoms with E-state index in [0.29, 0.717) is 0 Å². The molecule has 114 valence electrons. The zero-order valence-corrected chi connectivity index (χ0v) is 13.9. The Morgan fingerprint density at radius 1 is 1.38 bits per heavy atom. The van der Waals surface area contributed by atoms with E-state index < -0.39 is 11.4 Å². The number of hydrogen-bond acceptors (Lipinski definition) is 4. The van der Waals surface area contributed by atoms with Crippen LogP contribution >= 0.6 is 0 Å². The Morgan fingerprint density at radius 2 is 2.10 bits per heavy atom. The molecule has 0 spiro atoms. The molecule has 5 nitrogen and oxygen atoms in total. The van der Waals surface area contributed by atoms with Crippen molar-refractivity contribution >= 4 is 11.4 Å². The lowest BCUT2D eigenvalue weighted by molar-refractivity contribution is 0.531. The molecule has 0 aliphatic rings. The van der Waals surface area contributed by atoms with Crippen molar-refractivity contribution in [3.63, 3.8) is 0 Å². The summed E-state index contributed by atoms with van der Waals surface area (Å²) in [6, 6.07) is 3.90. The Kier molecular flexibility index (Phi) is 4.70. The predicted octanol–water partition coefficient (Wildman–Crippen LogP) is 2.69. The highest BCUT2D eigenvalue weighted by molar-refractivity contribution is 7.90. The number of aryl methyl sites for hydroxylation is 1. The summed E-state index contributed by atoms with van der Waals surface area (Å²) < 4.78 is 16.7. The van der Waals surface area contributed by atoms with E-state index in [0.717, 1.165) is 16.9 Å². The van der Waals surface area contributed by atoms with Gasteiger partial charge in [-0.05, 0) is 57.9 Å². The zero-order chi connectivity index (χ0) is 15.6. The highest BCUT2D eigenvalue weighted by Gasteiger charge is 2.28. The summed E-state index contributed by atoms with van der Waals surface area (Å²) in [5, 5.41) is 4.19. The molecule has 2 aromatic heterocycles. The summed E-state index contributed by atoms with van der Waals surface area (Å²) in [5.74, 6) is 0.813. The fraction of sp³-hybridized carbons (Fsp3) is 0.467. The van der Waals surface area contributed by atoms with E-state index in [1.807, 2.05) is 53.1 Å². The Balaban J connectivity index is 2.16. The first-order valence-electron chi connectivity index (χ1n) is 6.93. The van der Waals surface area contributed by atoms with Gasteiger partial charge in [-0.15, -0.1) is 4.72 Å². The quantitative estimate of drug-likeness (QED) is 0.882. The molecule has 2 atom stereocenters. The molecule has 0 radical (unpaired) electrons. The van der Waals surface area contributed by atoms with Gasteiger partial charge >= 0.3 is 0 Å². The summed E-state index contributed by atoms with van der Waals surface area (Å²) in [6.07, 6.45) is 5.40. The van der Waals surface area contributed by atoms with E-state index in [2.05, 4.69) is 20.9 Å². The van der Waals surface area contributed by atoms with Crippen LogP contribution in [0.2, 0.25) is 0 Å². The highest BCUT2D eigenvalue weighted by Crippen LogP contribution is 2.21. The van der Waals surface area contributed by atoms with E-state index in [-0.39, 0.29) is 10.8 Å². The molecule has 0 bridgehead atoms. The number of pyridine rings is 1. The molecule has 2 aromatic rings. The van der Waals surface area contributed by atoms with Crippen LogP contribution in [0.4, 0.5) is 0 Å². The van der Waals surface area contributed by atoms with Gasteiger partial charge in [0.2, 0.25) is 0 Å². The van der Waals surface area contributed by atoms with Crippen molar-refractivity contribution in [1.82, 2.24) is 19.5 Å². The first-order valence-corrected chi connectivity index (χ1v) is 8.08. The SMILES string of the molecule is Cc1cc([C@@H](C)N[S+]([O-])C(C)(C)C)cnc1-n1cccn1. The molecule has 6 heteroatoms. The number of nitrogens with zero attached hydrogens (tertiary/aromatic N) is 3. The molecule has 0 aliphatic carbocycles. The van der Waals surface area contributed by atoms with Gasteiger partial charge in [0, 0.05) is 30.0 Å². The second-order valence-electron chi connectivity index (χ2n) is 6.08. The van der Waals surface area contributed by atoms with Crippen LogP contribution in [0.15, 0.2) is 30.7 Å². The largest absolute Gasteiger partial charge is 0.598 e. The van der Waals surface area contributed by atoms with Crippen LogP contribution in [0.25, 0.3) is 5.82 Å². The maximum Gasteiger partial charge on any atom is 0.156 e. The Hall–Kier alpha value is -1.37. The van der Waals surface area contributed by atoms with Gasteiger partial charge in [0.1, 0.15) is 4.75 Å². The van der Waals surface area contributed by atoms with Crippen LogP contribution in [-0.4, -0.2) is 24.1 Å². The molecule has 1 N–H and O–H groups in total. The number of nitrogens with one attached hydrogen (secondary N) is 1. The second-order valence-corrected chi connectivity index (χ2v) is 8.08. The summed E-state index contributed by atoms with van der Waals surface area (Å²) in [6.45, 7) is 9.85. The summed E-state index contributed by atoms with van der Waals surface area (Å²) in [4.78, 5) is 4.47. The van der Waals surface area contributed by atoms with Gasteiger partial charge in [-0.3, -0.25) is 0 Å². The molecule has 0 aromatic carbocycles. The lowest BCUT2D eigenvalue weighted by atomic mass is 10.1. The van der Waals surface area contributed by atoms with Crippen LogP contribution in [0.3, 0.4) is 0 Å². The number of rotatable bonds is 4. The lowest BCUT2D eigenvalue weighted by Crippen LogP contribution is -2.40. The van der Waals surface area contributed by atoms with Gasteiger partial charge in [-0.1, -0.05) is 0 Å². The average Bonchev–Trinajstić information content (AvgIpc) is 2.91. The van der Waals surface area contributed by atoms with Crippen LogP contribution < -0.4 is 4.72 Å². The molecule has 2 heterocycles. The molecular weight excluding hydrogens is 284 g/mol. The van der Waals surface area contributed by atoms with Gasteiger partial charge in [0.25, 0.3) is 0 Å². The van der Waals surface area contributed by atoms with E-state index in [4.69, 9.17) is 0 Å². The fourth-order valence-corrected chi connectivity index (χ4v) is 2.68. The van der Waals surface area contributed by atoms with Crippen molar-refractivity contribution in [1.29, 1.82) is 0 Å². The molecule has 0 saturated heterocycles. The lowest BCUT2D eigenvalue weighted by Gasteiger charge is -2.26. The van der Waals surface area contributed by atoms with Crippen LogP contribution in [-0.2, 0) is 11.4 Å². The van der Waals surface area contributed by atoms with E-state index >= 15 is 0 Å². The maximum atomic E-state index is 12.2. The van der Waals surface area contributed by atoms with Crippen LogP contribution in [0.1, 0.15) is 44.9 Å². The molecule has 0 saturated carbocycles. The van der Waals surface area contributed by atoms with Gasteiger partial charge < -0.3 is 4.55 Å². The van der Waals surface area contributed by atoms with E-state index in [9.17, 15) is 4.55 Å². The third-order valence-corrected chi connectivity index (χ3v) is 4.81. The molecular formula is C15H22N4OS. The number of aromatic nitrogens is 3. The molecule has 2 rings (SSSR count). The standard InChI is InChI=1S/C15H22N4OS/c1-11-9-13(12(2)18-21(20)15(3,4)5)10-16-14(11)19-8-6-7-17-19/h6-10,12,18H,1-5H3/t12-,21?/m1/s1. The van der Waals surface area contributed by atoms with Gasteiger partial charge in [0.05, 0.1) is 6.04 Å². The second kappa shape index (κ2) is 6.17. The Labute approximate surface area is 129 Å². The zero-order valence-electron chi connectivity index (χ0n) is 13.1. The number of hydrogen-bond donors (Lipinski definition) is 1. The van der Waals surface area contributed by atoms with Crippen molar-refractivity contribution < 1.29 is 4.55 Å². The third kappa shape index (κ3) is 3.84. The molecule has 0 aliphatic heterocycles. The van der Waals surface area contributed by atoms with Crippen molar-refractivity contribution in [3.8, 4) is 5.82 Å². The van der Waals surface area contributed by atoms with Crippen molar-refractivity contribution in [2.75, 3.05) is 0 Å². The molecule has 1 unspecified atom stereocenters. The van der Waals surface area contributed by atoms with Crippen molar-refractivity contribution in [2.24, 2.45) is 0 Å². The van der Waals surface area contributed by atoms with Gasteiger partial charge in [0.15, 0.2) is 5.82 Å². The van der Waals surface area contributed by atoms with Crippen molar-refractivity contribution in [2.45, 2.75) is 45.4 Å². The first-order chi connectivity index (χ1) is 9.79. The molecule has 21 heavy (non-hydrogen) atoms. The minimum absolute atomic E-state index is 0.0251. The van der Waals surface area contributed by atoms with Crippen LogP contribution in [0, 0.1) is 6.92 Å². The smallest absolute Gasteiger partial charge is 0.156 e. The van der Waals surface area contributed by atoms with Gasteiger partial charge in [-0.2, -0.15) is 5.10 Å². The minimum Gasteiger partial charge on any atom is -0.598 e. The van der Waals surface area contributed by atoms with Gasteiger partial charge in [-0.25, -0.2) is 9.67 Å². The fourth-order valence-electron chi connectivity index (χ4n) is 1.87. The molecule has 0 fully saturated rings. The Bertz CT molecular complexity index is 592. The minimum atomic E-state index is -1.10. The topological polar surface area (TPSA) is 65.8 Å². The summed E-state index contributed by atoms with van der Waals surface area (Å²) in [5.41, 5.74) is 2.05. The predicted molar refractivity (Wildman–Crippen MR) is 85.5 cm³/mol. The monoisotopic (exact) mass is 306 g/mol. The maximum absolute atomic E-state index is 12.2. The average molecular weight is 306 g/mol. The van der Waals surface area contributed by atoms with E-state index in [1.165, 1.54) is 0 Å². The third-order valence-electron chi connectivity index (χ3n) is 3.13. The Morgan fingerprint density at radius 3 is 2.62 bits per heavy atom. The highest BCUT2D eigenvalue weighted by atomic mass is 32.2.